The van der Waals surface area contributed by atoms with E-state index in [4.69, 9.17) is 17.0 Å². The lowest BCUT2D eigenvalue weighted by Crippen LogP contribution is -2.43. The smallest absolute Gasteiger partial charge is 0.340 e. The molecule has 0 bridgehead atoms. The van der Waals surface area contributed by atoms with Gasteiger partial charge >= 0.3 is 5.97 Å². The monoisotopic (exact) mass is 402 g/mol. The molecule has 4 nitrogen and oxygen atoms in total. The lowest BCUT2D eigenvalue weighted by atomic mass is 9.86. The number of thiophene rings is 1. The van der Waals surface area contributed by atoms with Crippen molar-refractivity contribution < 1.29 is 9.53 Å². The fourth-order valence-electron chi connectivity index (χ4n) is 3.52. The van der Waals surface area contributed by atoms with Gasteiger partial charge in [0.1, 0.15) is 5.00 Å². The van der Waals surface area contributed by atoms with Crippen molar-refractivity contribution in [3.05, 3.63) is 52.4 Å². The summed E-state index contributed by atoms with van der Waals surface area (Å²) in [6.07, 6.45) is 5.67. The van der Waals surface area contributed by atoms with Crippen LogP contribution < -0.4 is 10.6 Å². The van der Waals surface area contributed by atoms with Crippen molar-refractivity contribution >= 4 is 39.6 Å². The quantitative estimate of drug-likeness (QED) is 0.545. The van der Waals surface area contributed by atoms with Gasteiger partial charge < -0.3 is 15.4 Å². The van der Waals surface area contributed by atoms with Gasteiger partial charge in [0.2, 0.25) is 0 Å². The number of hydrogen-bond acceptors (Lipinski definition) is 4. The Morgan fingerprint density at radius 2 is 2.00 bits per heavy atom. The number of rotatable bonds is 5. The average molecular weight is 403 g/mol. The van der Waals surface area contributed by atoms with Crippen molar-refractivity contribution in [1.29, 1.82) is 0 Å². The van der Waals surface area contributed by atoms with E-state index in [0.29, 0.717) is 22.6 Å². The minimum Gasteiger partial charge on any atom is -0.465 e. The molecule has 144 valence electrons. The number of carbonyl (C=O) groups is 1. The first-order valence-corrected chi connectivity index (χ1v) is 10.6. The molecule has 27 heavy (non-hydrogen) atoms. The highest BCUT2D eigenvalue weighted by atomic mass is 32.1. The van der Waals surface area contributed by atoms with E-state index in [1.807, 2.05) is 24.3 Å². The Balaban J connectivity index is 1.72. The van der Waals surface area contributed by atoms with E-state index in [-0.39, 0.29) is 5.97 Å². The van der Waals surface area contributed by atoms with Crippen LogP contribution in [0.1, 0.15) is 53.4 Å². The zero-order chi connectivity index (χ0) is 19.2. The topological polar surface area (TPSA) is 50.4 Å². The Morgan fingerprint density at radius 3 is 2.70 bits per heavy atom. The van der Waals surface area contributed by atoms with Gasteiger partial charge in [0.15, 0.2) is 5.11 Å². The Labute approximate surface area is 170 Å². The van der Waals surface area contributed by atoms with Gasteiger partial charge in [-0.1, -0.05) is 50.1 Å². The molecule has 6 heteroatoms. The van der Waals surface area contributed by atoms with Crippen LogP contribution >= 0.6 is 23.6 Å². The zero-order valence-corrected chi connectivity index (χ0v) is 17.4. The van der Waals surface area contributed by atoms with E-state index in [2.05, 4.69) is 29.7 Å². The molecule has 0 radical (unpaired) electrons. The van der Waals surface area contributed by atoms with E-state index < -0.39 is 0 Å². The predicted molar refractivity (Wildman–Crippen MR) is 116 cm³/mol. The van der Waals surface area contributed by atoms with Crippen molar-refractivity contribution in [3.8, 4) is 0 Å². The number of esters is 1. The van der Waals surface area contributed by atoms with Gasteiger partial charge in [-0.05, 0) is 42.6 Å². The van der Waals surface area contributed by atoms with Gasteiger partial charge in [-0.2, -0.15) is 0 Å². The predicted octanol–water partition coefficient (Wildman–Crippen LogP) is 4.99. The molecule has 1 fully saturated rings. The Hall–Kier alpha value is -1.92. The van der Waals surface area contributed by atoms with Crippen molar-refractivity contribution in [1.82, 2.24) is 5.32 Å². The normalized spacial score (nSPS) is 19.3. The molecule has 2 unspecified atom stereocenters. The molecule has 2 N–H and O–H groups in total. The summed E-state index contributed by atoms with van der Waals surface area (Å²) in [5, 5.41) is 7.99. The largest absolute Gasteiger partial charge is 0.465 e. The molecule has 3 rings (SSSR count). The molecule has 1 heterocycles. The van der Waals surface area contributed by atoms with Crippen LogP contribution in [-0.2, 0) is 11.2 Å². The first-order valence-electron chi connectivity index (χ1n) is 9.39. The molecule has 1 saturated carbocycles. The number of nitrogens with one attached hydrogen (secondary N) is 2. The Kier molecular flexibility index (Phi) is 6.85. The summed E-state index contributed by atoms with van der Waals surface area (Å²) in [5.74, 6) is 0.262. The molecule has 0 aliphatic heterocycles. The maximum Gasteiger partial charge on any atom is 0.340 e. The van der Waals surface area contributed by atoms with Crippen molar-refractivity contribution in [2.45, 2.75) is 45.1 Å². The van der Waals surface area contributed by atoms with Gasteiger partial charge in [-0.15, -0.1) is 11.3 Å². The molecule has 1 aliphatic rings. The molecule has 0 saturated heterocycles. The lowest BCUT2D eigenvalue weighted by molar-refractivity contribution is 0.0602. The lowest BCUT2D eigenvalue weighted by Gasteiger charge is -2.30. The number of thiocarbonyl (C=S) groups is 1. The summed E-state index contributed by atoms with van der Waals surface area (Å²) >= 11 is 7.07. The first kappa shape index (κ1) is 19.8. The number of carbonyl (C=O) groups excluding carboxylic acids is 1. The molecule has 1 aliphatic carbocycles. The van der Waals surface area contributed by atoms with Crippen LogP contribution in [0.15, 0.2) is 36.4 Å². The second-order valence-corrected chi connectivity index (χ2v) is 8.62. The summed E-state index contributed by atoms with van der Waals surface area (Å²) in [4.78, 5) is 13.3. The average Bonchev–Trinajstić information content (AvgIpc) is 3.05. The van der Waals surface area contributed by atoms with E-state index in [1.165, 1.54) is 31.9 Å². The number of methoxy groups -OCH3 is 1. The van der Waals surface area contributed by atoms with Gasteiger partial charge in [0.25, 0.3) is 0 Å². The summed E-state index contributed by atoms with van der Waals surface area (Å²) in [6.45, 7) is 2.27. The molecule has 1 aromatic heterocycles. The highest BCUT2D eigenvalue weighted by molar-refractivity contribution is 7.80. The molecule has 1 aromatic carbocycles. The van der Waals surface area contributed by atoms with E-state index in [9.17, 15) is 4.79 Å². The third-order valence-electron chi connectivity index (χ3n) is 5.06. The minimum absolute atomic E-state index is 0.345. The molecule has 0 spiro atoms. The van der Waals surface area contributed by atoms with Gasteiger partial charge in [0, 0.05) is 17.3 Å². The molecular weight excluding hydrogens is 376 g/mol. The molecule has 2 aromatic rings. The van der Waals surface area contributed by atoms with Gasteiger partial charge in [0.05, 0.1) is 12.7 Å². The van der Waals surface area contributed by atoms with Gasteiger partial charge in [-0.25, -0.2) is 4.79 Å². The number of benzene rings is 1. The van der Waals surface area contributed by atoms with E-state index >= 15 is 0 Å². The minimum atomic E-state index is -0.345. The fraction of sp³-hybridized carbons (Fsp3) is 0.429. The van der Waals surface area contributed by atoms with Crippen LogP contribution in [0.3, 0.4) is 0 Å². The van der Waals surface area contributed by atoms with Gasteiger partial charge in [-0.3, -0.25) is 0 Å². The SMILES string of the molecule is COC(=O)c1cc(Cc2ccccc2)sc1NC(=S)NC1CCCCC1C. The van der Waals surface area contributed by atoms with Crippen LogP contribution in [0.25, 0.3) is 0 Å². The maximum absolute atomic E-state index is 12.2. The second-order valence-electron chi connectivity index (χ2n) is 7.08. The summed E-state index contributed by atoms with van der Waals surface area (Å²) in [6, 6.07) is 12.5. The fourth-order valence-corrected chi connectivity index (χ4v) is 4.92. The third-order valence-corrected chi connectivity index (χ3v) is 6.34. The highest BCUT2D eigenvalue weighted by Gasteiger charge is 2.23. The van der Waals surface area contributed by atoms with Crippen LogP contribution in [0.4, 0.5) is 5.00 Å². The van der Waals surface area contributed by atoms with Crippen LogP contribution in [0.5, 0.6) is 0 Å². The molecule has 0 amide bonds. The number of ether oxygens (including phenoxy) is 1. The van der Waals surface area contributed by atoms with Crippen molar-refractivity contribution in [2.75, 3.05) is 12.4 Å². The van der Waals surface area contributed by atoms with Crippen LogP contribution in [0, 0.1) is 5.92 Å². The summed E-state index contributed by atoms with van der Waals surface area (Å²) < 4.78 is 4.95. The standard InChI is InChI=1S/C21H26N2O2S2/c1-14-8-6-7-11-18(14)22-21(26)23-19-17(20(24)25-2)13-16(27-19)12-15-9-4-3-5-10-15/h3-5,9-10,13-14,18H,6-8,11-12H2,1-2H3,(H2,22,23,26). The van der Waals surface area contributed by atoms with E-state index in [1.54, 1.807) is 11.3 Å². The summed E-state index contributed by atoms with van der Waals surface area (Å²) in [7, 11) is 1.40. The van der Waals surface area contributed by atoms with Crippen molar-refractivity contribution in [3.63, 3.8) is 0 Å². The van der Waals surface area contributed by atoms with Crippen LogP contribution in [0.2, 0.25) is 0 Å². The highest BCUT2D eigenvalue weighted by Crippen LogP contribution is 2.31. The Bertz CT molecular complexity index is 789. The Morgan fingerprint density at radius 1 is 1.26 bits per heavy atom. The number of anilines is 1. The second kappa shape index (κ2) is 9.33. The summed E-state index contributed by atoms with van der Waals surface area (Å²) in [5.41, 5.74) is 1.74. The molecular formula is C21H26N2O2S2. The van der Waals surface area contributed by atoms with Crippen LogP contribution in [-0.4, -0.2) is 24.2 Å². The van der Waals surface area contributed by atoms with E-state index in [0.717, 1.165) is 22.7 Å². The first-order chi connectivity index (χ1) is 13.1. The zero-order valence-electron chi connectivity index (χ0n) is 15.8. The maximum atomic E-state index is 12.2. The van der Waals surface area contributed by atoms with Crippen molar-refractivity contribution in [2.24, 2.45) is 5.92 Å². The number of hydrogen-bond donors (Lipinski definition) is 2. The third kappa shape index (κ3) is 5.30. The molecule has 2 atom stereocenters.